The van der Waals surface area contributed by atoms with E-state index in [0.717, 1.165) is 47.1 Å². The van der Waals surface area contributed by atoms with Gasteiger partial charge in [-0.2, -0.15) is 5.10 Å². The molecule has 2 heterocycles. The molecule has 0 atom stereocenters. The molecule has 6 heteroatoms. The SMILES string of the molecule is CC1(n2nc3c(NC=O)cccc3c2Br)CCNCC1. The second kappa shape index (κ2) is 5.18. The molecule has 0 saturated carbocycles. The first kappa shape index (κ1) is 13.6. The Bertz CT molecular complexity index is 646. The summed E-state index contributed by atoms with van der Waals surface area (Å²) in [6, 6.07) is 5.81. The van der Waals surface area contributed by atoms with Gasteiger partial charge in [-0.15, -0.1) is 0 Å². The Morgan fingerprint density at radius 3 is 2.90 bits per heavy atom. The van der Waals surface area contributed by atoms with Gasteiger partial charge in [0.05, 0.1) is 11.2 Å². The number of halogens is 1. The van der Waals surface area contributed by atoms with Crippen LogP contribution in [0.15, 0.2) is 22.8 Å². The summed E-state index contributed by atoms with van der Waals surface area (Å²) in [6.07, 6.45) is 2.76. The number of carbonyl (C=O) groups excluding carboxylic acids is 1. The van der Waals surface area contributed by atoms with Crippen molar-refractivity contribution in [1.82, 2.24) is 15.1 Å². The van der Waals surface area contributed by atoms with Crippen LogP contribution >= 0.6 is 15.9 Å². The summed E-state index contributed by atoms with van der Waals surface area (Å²) < 4.78 is 3.04. The third kappa shape index (κ3) is 2.13. The number of benzene rings is 1. The second-order valence-electron chi connectivity index (χ2n) is 5.41. The molecule has 0 unspecified atom stereocenters. The number of rotatable bonds is 3. The van der Waals surface area contributed by atoms with Crippen LogP contribution in [-0.2, 0) is 10.3 Å². The molecule has 1 fully saturated rings. The van der Waals surface area contributed by atoms with Crippen LogP contribution in [0.1, 0.15) is 19.8 Å². The van der Waals surface area contributed by atoms with Crippen LogP contribution in [-0.4, -0.2) is 29.3 Å². The number of nitrogens with one attached hydrogen (secondary N) is 2. The molecule has 2 aromatic rings. The number of nitrogens with zero attached hydrogens (tertiary/aromatic N) is 2. The van der Waals surface area contributed by atoms with E-state index in [0.29, 0.717) is 6.41 Å². The molecule has 1 aliphatic heterocycles. The Kier molecular flexibility index (Phi) is 3.52. The topological polar surface area (TPSA) is 59.0 Å². The third-order valence-electron chi connectivity index (χ3n) is 4.05. The van der Waals surface area contributed by atoms with Gasteiger partial charge in [-0.3, -0.25) is 9.48 Å². The molecule has 1 saturated heterocycles. The molecule has 0 bridgehead atoms. The van der Waals surface area contributed by atoms with E-state index in [-0.39, 0.29) is 5.54 Å². The van der Waals surface area contributed by atoms with E-state index in [1.54, 1.807) is 0 Å². The molecule has 3 rings (SSSR count). The average Bonchev–Trinajstić information content (AvgIpc) is 2.80. The number of aromatic nitrogens is 2. The molecule has 106 valence electrons. The number of hydrogen-bond acceptors (Lipinski definition) is 3. The smallest absolute Gasteiger partial charge is 0.211 e. The molecular formula is C14H17BrN4O. The van der Waals surface area contributed by atoms with Crippen molar-refractivity contribution >= 4 is 38.9 Å². The molecule has 20 heavy (non-hydrogen) atoms. The van der Waals surface area contributed by atoms with Crippen molar-refractivity contribution < 1.29 is 4.79 Å². The van der Waals surface area contributed by atoms with Crippen molar-refractivity contribution in [3.8, 4) is 0 Å². The molecule has 0 spiro atoms. The maximum Gasteiger partial charge on any atom is 0.211 e. The van der Waals surface area contributed by atoms with Crippen LogP contribution in [0.5, 0.6) is 0 Å². The van der Waals surface area contributed by atoms with Gasteiger partial charge in [0.25, 0.3) is 0 Å². The van der Waals surface area contributed by atoms with Crippen LogP contribution in [0, 0.1) is 0 Å². The molecular weight excluding hydrogens is 320 g/mol. The zero-order valence-corrected chi connectivity index (χ0v) is 12.9. The highest BCUT2D eigenvalue weighted by molar-refractivity contribution is 9.10. The highest BCUT2D eigenvalue weighted by atomic mass is 79.9. The van der Waals surface area contributed by atoms with Gasteiger partial charge in [0.1, 0.15) is 10.1 Å². The van der Waals surface area contributed by atoms with Gasteiger partial charge < -0.3 is 10.6 Å². The lowest BCUT2D eigenvalue weighted by atomic mass is 9.91. The van der Waals surface area contributed by atoms with E-state index in [2.05, 4.69) is 38.2 Å². The first-order valence-corrected chi connectivity index (χ1v) is 7.54. The van der Waals surface area contributed by atoms with E-state index < -0.39 is 0 Å². The molecule has 2 N–H and O–H groups in total. The number of amides is 1. The monoisotopic (exact) mass is 336 g/mol. The number of fused-ring (bicyclic) bond motifs is 1. The number of carbonyl (C=O) groups is 1. The van der Waals surface area contributed by atoms with E-state index >= 15 is 0 Å². The fourth-order valence-electron chi connectivity index (χ4n) is 2.79. The number of hydrogen-bond donors (Lipinski definition) is 2. The molecule has 0 aliphatic carbocycles. The summed E-state index contributed by atoms with van der Waals surface area (Å²) in [7, 11) is 0. The van der Waals surface area contributed by atoms with Gasteiger partial charge in [-0.25, -0.2) is 0 Å². The van der Waals surface area contributed by atoms with E-state index in [1.165, 1.54) is 0 Å². The highest BCUT2D eigenvalue weighted by Gasteiger charge is 2.32. The Labute approximate surface area is 125 Å². The van der Waals surface area contributed by atoms with Crippen molar-refractivity contribution in [2.45, 2.75) is 25.3 Å². The van der Waals surface area contributed by atoms with E-state index in [9.17, 15) is 4.79 Å². The fourth-order valence-corrected chi connectivity index (χ4v) is 3.62. The van der Waals surface area contributed by atoms with E-state index in [4.69, 9.17) is 5.10 Å². The maximum absolute atomic E-state index is 10.7. The highest BCUT2D eigenvalue weighted by Crippen LogP contribution is 2.36. The van der Waals surface area contributed by atoms with Crippen molar-refractivity contribution in [2.75, 3.05) is 18.4 Å². The Morgan fingerprint density at radius 1 is 1.45 bits per heavy atom. The van der Waals surface area contributed by atoms with Crippen LogP contribution in [0.3, 0.4) is 0 Å². The van der Waals surface area contributed by atoms with Gasteiger partial charge in [-0.1, -0.05) is 6.07 Å². The van der Waals surface area contributed by atoms with Crippen molar-refractivity contribution in [3.63, 3.8) is 0 Å². The lowest BCUT2D eigenvalue weighted by Crippen LogP contribution is -2.42. The minimum absolute atomic E-state index is 0.00154. The summed E-state index contributed by atoms with van der Waals surface area (Å²) in [6.45, 7) is 4.23. The summed E-state index contributed by atoms with van der Waals surface area (Å²) in [5.41, 5.74) is 1.57. The Hall–Kier alpha value is -1.40. The zero-order chi connectivity index (χ0) is 14.2. The van der Waals surface area contributed by atoms with Crippen LogP contribution < -0.4 is 10.6 Å². The van der Waals surface area contributed by atoms with Crippen molar-refractivity contribution in [3.05, 3.63) is 22.8 Å². The number of anilines is 1. The van der Waals surface area contributed by atoms with Gasteiger partial charge in [0.2, 0.25) is 6.41 Å². The standard InChI is InChI=1S/C14H17BrN4O/c1-14(5-7-16-8-6-14)19-13(15)10-3-2-4-11(17-9-20)12(10)18-19/h2-4,9,16H,5-8H2,1H3,(H,17,20). The van der Waals surface area contributed by atoms with E-state index in [1.807, 2.05) is 18.2 Å². The average molecular weight is 337 g/mol. The van der Waals surface area contributed by atoms with Gasteiger partial charge in [0, 0.05) is 5.39 Å². The number of piperidine rings is 1. The van der Waals surface area contributed by atoms with Crippen LogP contribution in [0.4, 0.5) is 5.69 Å². The minimum Gasteiger partial charge on any atom is -0.327 e. The largest absolute Gasteiger partial charge is 0.327 e. The van der Waals surface area contributed by atoms with Gasteiger partial charge in [0.15, 0.2) is 0 Å². The normalized spacial score (nSPS) is 18.1. The Morgan fingerprint density at radius 2 is 2.20 bits per heavy atom. The van der Waals surface area contributed by atoms with Crippen molar-refractivity contribution in [2.24, 2.45) is 0 Å². The molecule has 0 radical (unpaired) electrons. The van der Waals surface area contributed by atoms with Crippen LogP contribution in [0.25, 0.3) is 10.9 Å². The molecule has 1 aromatic heterocycles. The molecule has 5 nitrogen and oxygen atoms in total. The van der Waals surface area contributed by atoms with Crippen molar-refractivity contribution in [1.29, 1.82) is 0 Å². The second-order valence-corrected chi connectivity index (χ2v) is 6.16. The predicted octanol–water partition coefficient (Wildman–Crippen LogP) is 2.47. The predicted molar refractivity (Wildman–Crippen MR) is 82.9 cm³/mol. The Balaban J connectivity index is 2.14. The summed E-state index contributed by atoms with van der Waals surface area (Å²) >= 11 is 3.67. The molecule has 1 aliphatic rings. The minimum atomic E-state index is 0.00154. The quantitative estimate of drug-likeness (QED) is 0.846. The zero-order valence-electron chi connectivity index (χ0n) is 11.3. The van der Waals surface area contributed by atoms with Gasteiger partial charge >= 0.3 is 0 Å². The van der Waals surface area contributed by atoms with Gasteiger partial charge in [-0.05, 0) is 60.9 Å². The summed E-state index contributed by atoms with van der Waals surface area (Å²) in [5, 5.41) is 11.9. The molecule has 1 aromatic carbocycles. The van der Waals surface area contributed by atoms with Crippen LogP contribution in [0.2, 0.25) is 0 Å². The summed E-state index contributed by atoms with van der Waals surface area (Å²) in [4.78, 5) is 10.7. The first-order valence-electron chi connectivity index (χ1n) is 6.74. The summed E-state index contributed by atoms with van der Waals surface area (Å²) in [5.74, 6) is 0. The molecule has 1 amide bonds. The maximum atomic E-state index is 10.7. The third-order valence-corrected chi connectivity index (χ3v) is 4.81. The lowest BCUT2D eigenvalue weighted by Gasteiger charge is -2.35. The first-order chi connectivity index (χ1) is 9.65. The lowest BCUT2D eigenvalue weighted by molar-refractivity contribution is -0.105. The fraction of sp³-hybridized carbons (Fsp3) is 0.429.